The third-order valence-electron chi connectivity index (χ3n) is 16.1. The van der Waals surface area contributed by atoms with Crippen LogP contribution in [0.25, 0.3) is 10.9 Å². The lowest BCUT2D eigenvalue weighted by Crippen LogP contribution is -2.62. The summed E-state index contributed by atoms with van der Waals surface area (Å²) in [6, 6.07) is 2.46. The Morgan fingerprint density at radius 1 is 0.475 bits per heavy atom. The van der Waals surface area contributed by atoms with E-state index in [4.69, 9.17) is 51.6 Å². The Hall–Kier alpha value is -10.1. The van der Waals surface area contributed by atoms with Gasteiger partial charge in [0.25, 0.3) is 0 Å². The van der Waals surface area contributed by atoms with Gasteiger partial charge in [0.05, 0.1) is 12.5 Å². The molecule has 10 amide bonds. The van der Waals surface area contributed by atoms with Crippen LogP contribution in [0.15, 0.2) is 75.8 Å². The van der Waals surface area contributed by atoms with Crippen LogP contribution < -0.4 is 99.5 Å². The molecule has 0 aliphatic heterocycles. The number of hydrogen-bond acceptors (Lipinski definition) is 16. The van der Waals surface area contributed by atoms with Crippen molar-refractivity contribution in [3.63, 3.8) is 0 Å². The van der Waals surface area contributed by atoms with E-state index in [2.05, 4.69) is 67.8 Å². The van der Waals surface area contributed by atoms with Crippen LogP contribution in [0.4, 0.5) is 0 Å². The number of carboxylic acids is 1. The van der Waals surface area contributed by atoms with Crippen molar-refractivity contribution in [3.8, 4) is 0 Å². The van der Waals surface area contributed by atoms with Crippen molar-refractivity contribution in [2.75, 3.05) is 26.2 Å². The fourth-order valence-corrected chi connectivity index (χ4v) is 10.5. The normalized spacial score (nSPS) is 14.5. The summed E-state index contributed by atoms with van der Waals surface area (Å²) in [5.74, 6) is -12.5. The van der Waals surface area contributed by atoms with Crippen LogP contribution >= 0.6 is 0 Å². The summed E-state index contributed by atoms with van der Waals surface area (Å²) in [7, 11) is 0. The molecule has 0 aliphatic carbocycles. The third-order valence-corrected chi connectivity index (χ3v) is 16.1. The highest BCUT2D eigenvalue weighted by molar-refractivity contribution is 6.00. The monoisotopic (exact) mass is 1390 g/mol. The second-order valence-corrected chi connectivity index (χ2v) is 25.2. The van der Waals surface area contributed by atoms with Gasteiger partial charge in [0, 0.05) is 43.2 Å². The molecule has 0 spiro atoms. The number of carbonyl (C=O) groups excluding carboxylic acids is 10. The molecular weight excluding hydrogens is 1280 g/mol. The van der Waals surface area contributed by atoms with Crippen LogP contribution in [0.1, 0.15) is 130 Å². The summed E-state index contributed by atoms with van der Waals surface area (Å²) in [4.78, 5) is 169. The number of primary amides is 1. The van der Waals surface area contributed by atoms with E-state index in [1.54, 1.807) is 59.9 Å². The first-order valence-electron chi connectivity index (χ1n) is 33.3. The Morgan fingerprint density at radius 3 is 1.40 bits per heavy atom. The highest BCUT2D eigenvalue weighted by Gasteiger charge is 2.38. The molecule has 2 aromatic carbocycles. The van der Waals surface area contributed by atoms with Gasteiger partial charge in [0.2, 0.25) is 59.1 Å². The van der Waals surface area contributed by atoms with Crippen LogP contribution in [0.5, 0.6) is 0 Å². The number of fused-ring (bicyclic) bond motifs is 1. The number of amides is 10. The number of aliphatic imine (C=N–C) groups is 3. The molecule has 0 saturated carbocycles. The average Bonchev–Trinajstić information content (AvgIpc) is 1.75. The number of nitrogens with zero attached hydrogens (tertiary/aromatic N) is 3. The number of nitrogens with one attached hydrogen (secondary N) is 10. The number of carbonyl (C=O) groups is 11. The number of unbranched alkanes of at least 4 members (excludes halogenated alkanes) is 1. The minimum absolute atomic E-state index is 0.00654. The van der Waals surface area contributed by atoms with Gasteiger partial charge in [0.15, 0.2) is 17.9 Å². The first kappa shape index (κ1) is 83.1. The lowest BCUT2D eigenvalue weighted by atomic mass is 9.96. The smallest absolute Gasteiger partial charge is 0.326 e. The first-order valence-corrected chi connectivity index (χ1v) is 33.3. The van der Waals surface area contributed by atoms with Gasteiger partial charge >= 0.3 is 5.97 Å². The van der Waals surface area contributed by atoms with Crippen molar-refractivity contribution in [2.45, 2.75) is 192 Å². The molecule has 0 unspecified atom stereocenters. The zero-order chi connectivity index (χ0) is 73.9. The highest BCUT2D eigenvalue weighted by atomic mass is 16.4. The molecule has 0 fully saturated rings. The number of carboxylic acid groups (broad SMARTS) is 1. The zero-order valence-corrected chi connectivity index (χ0v) is 57.5. The number of aliphatic carboxylic acids is 1. The standard InChI is InChI=1S/C65H106N22O12/c1-7-37(6)52(61(97)81-45(24-16-28-76-64(71)72)54(90)79-43(22-13-14-26-66)56(92)86-51(36(4)5)60(96)82-46(62(98)99)25-17-29-77-65(73)74)87-59(95)49(33-50(68)88)85-55(91)44(23-15-27-75-63(69)70)80-57(93)47(30-35(2)3)84-58(94)48(32-39-34-78-42-21-12-11-20-40(39)42)83-53(89)41(67)31-38-18-9-8-10-19-38/h8-12,18-21,34-37,41,43-49,51-52,78H,7,13-17,22-33,66-67H2,1-6H3,(H2,68,88)(H,79,90)(H,80,93)(H,81,97)(H,82,96)(H,83,89)(H,84,94)(H,85,91)(H,86,92)(H,87,95)(H,98,99)(H4,69,70,75)(H4,71,72,76)(H4,73,74,77)/t37-,41-,43-,44-,45-,46-,47-,48-,49-,51-,52-/m0/s1. The van der Waals surface area contributed by atoms with E-state index in [1.807, 2.05) is 42.5 Å². The highest BCUT2D eigenvalue weighted by Crippen LogP contribution is 2.21. The number of hydrogen-bond donors (Lipinski definition) is 20. The minimum atomic E-state index is -1.80. The molecule has 1 heterocycles. The summed E-state index contributed by atoms with van der Waals surface area (Å²) in [5, 5.41) is 34.5. The molecule has 11 atom stereocenters. The molecule has 29 N–H and O–H groups in total. The van der Waals surface area contributed by atoms with Crippen molar-refractivity contribution >= 4 is 93.8 Å². The molecule has 0 aliphatic rings. The lowest BCUT2D eigenvalue weighted by Gasteiger charge is -2.30. The summed E-state index contributed by atoms with van der Waals surface area (Å²) in [6.45, 7) is 10.4. The molecule has 34 heteroatoms. The van der Waals surface area contributed by atoms with Crippen molar-refractivity contribution < 1.29 is 57.8 Å². The van der Waals surface area contributed by atoms with Gasteiger partial charge in [-0.1, -0.05) is 96.5 Å². The summed E-state index contributed by atoms with van der Waals surface area (Å²) < 4.78 is 0. The minimum Gasteiger partial charge on any atom is -0.480 e. The van der Waals surface area contributed by atoms with Crippen LogP contribution in [-0.2, 0) is 65.6 Å². The van der Waals surface area contributed by atoms with Crippen molar-refractivity contribution in [1.29, 1.82) is 0 Å². The summed E-state index contributed by atoms with van der Waals surface area (Å²) >= 11 is 0. The molecule has 3 aromatic rings. The Balaban J connectivity index is 1.98. The predicted octanol–water partition coefficient (Wildman–Crippen LogP) is -3.36. The Labute approximate surface area is 576 Å². The van der Waals surface area contributed by atoms with Gasteiger partial charge < -0.3 is 110 Å². The van der Waals surface area contributed by atoms with Crippen LogP contribution in [0.2, 0.25) is 0 Å². The Morgan fingerprint density at radius 2 is 0.899 bits per heavy atom. The zero-order valence-electron chi connectivity index (χ0n) is 57.5. The van der Waals surface area contributed by atoms with Crippen LogP contribution in [0.3, 0.4) is 0 Å². The van der Waals surface area contributed by atoms with E-state index in [0.29, 0.717) is 18.4 Å². The predicted molar refractivity (Wildman–Crippen MR) is 375 cm³/mol. The second kappa shape index (κ2) is 43.2. The fraction of sp³-hybridized carbons (Fsp3) is 0.569. The topological polar surface area (TPSA) is 603 Å². The van der Waals surface area contributed by atoms with Crippen LogP contribution in [-0.4, -0.2) is 180 Å². The molecule has 0 bridgehead atoms. The molecule has 99 heavy (non-hydrogen) atoms. The second-order valence-electron chi connectivity index (χ2n) is 25.2. The molecule has 0 radical (unpaired) electrons. The number of guanidine groups is 3. The molecule has 548 valence electrons. The van der Waals surface area contributed by atoms with Crippen molar-refractivity contribution in [3.05, 3.63) is 71.9 Å². The number of H-pyrrole nitrogens is 1. The van der Waals surface area contributed by atoms with E-state index < -0.39 is 144 Å². The van der Waals surface area contributed by atoms with Crippen molar-refractivity contribution in [2.24, 2.45) is 84.3 Å². The lowest BCUT2D eigenvalue weighted by molar-refractivity contribution is -0.143. The molecular formula is C65H106N22O12. The van der Waals surface area contributed by atoms with Gasteiger partial charge in [-0.3, -0.25) is 62.9 Å². The average molecular weight is 1390 g/mol. The number of rotatable bonds is 46. The molecule has 34 nitrogen and oxygen atoms in total. The quantitative estimate of drug-likeness (QED) is 0.0149. The largest absolute Gasteiger partial charge is 0.480 e. The Kier molecular flexibility index (Phi) is 36.3. The number of aromatic nitrogens is 1. The van der Waals surface area contributed by atoms with Gasteiger partial charge in [-0.05, 0) is 112 Å². The fourth-order valence-electron chi connectivity index (χ4n) is 10.5. The van der Waals surface area contributed by atoms with Gasteiger partial charge in [-0.2, -0.15) is 0 Å². The molecule has 1 aromatic heterocycles. The maximum Gasteiger partial charge on any atom is 0.326 e. The Bertz CT molecular complexity index is 3240. The number of para-hydroxylation sites is 1. The third kappa shape index (κ3) is 30.5. The maximum absolute atomic E-state index is 14.7. The van der Waals surface area contributed by atoms with E-state index in [1.165, 1.54) is 0 Å². The van der Waals surface area contributed by atoms with E-state index in [-0.39, 0.29) is 121 Å². The van der Waals surface area contributed by atoms with E-state index in [0.717, 1.165) is 16.5 Å². The molecule has 3 rings (SSSR count). The van der Waals surface area contributed by atoms with Gasteiger partial charge in [-0.15, -0.1) is 0 Å². The summed E-state index contributed by atoms with van der Waals surface area (Å²) in [6.07, 6.45) is 1.96. The van der Waals surface area contributed by atoms with Crippen LogP contribution in [0, 0.1) is 17.8 Å². The van der Waals surface area contributed by atoms with Gasteiger partial charge in [0.1, 0.15) is 54.4 Å². The van der Waals surface area contributed by atoms with E-state index in [9.17, 15) is 57.8 Å². The first-order chi connectivity index (χ1) is 46.8. The summed E-state index contributed by atoms with van der Waals surface area (Å²) in [5.41, 5.74) is 53.2. The molecule has 0 saturated heterocycles. The maximum atomic E-state index is 14.7. The van der Waals surface area contributed by atoms with Crippen molar-refractivity contribution in [1.82, 2.24) is 52.8 Å². The number of benzene rings is 2. The SMILES string of the molecule is CC[C@H](C)[C@H](NC(=O)[C@H](CC(N)=O)NC(=O)[C@H](CCCN=C(N)N)NC(=O)[C@H](CC(C)C)NC(=O)[C@H](Cc1c[nH]c2ccccc12)NC(=O)[C@@H](N)Cc1ccccc1)C(=O)N[C@@H](CCCN=C(N)N)C(=O)N[C@@H](CCCCN)C(=O)N[C@H](C(=O)N[C@@H](CCCN=C(N)N)C(=O)O)C(C)C. The number of aromatic amines is 1. The number of nitrogens with two attached hydrogens (primary N) is 9. The van der Waals surface area contributed by atoms with Gasteiger partial charge in [-0.25, -0.2) is 4.79 Å². The van der Waals surface area contributed by atoms with E-state index >= 15 is 0 Å².